The summed E-state index contributed by atoms with van der Waals surface area (Å²) in [5.41, 5.74) is 0.299. The van der Waals surface area contributed by atoms with Gasteiger partial charge in [-0.25, -0.2) is 0 Å². The molecule has 0 bridgehead atoms. The maximum atomic E-state index is 5.76. The monoisotopic (exact) mass is 162 g/mol. The molecular weight excluding hydrogens is 148 g/mol. The predicted octanol–water partition coefficient (Wildman–Crippen LogP) is 2.43. The zero-order valence-electron chi connectivity index (χ0n) is 6.69. The van der Waals surface area contributed by atoms with E-state index in [1.54, 1.807) is 0 Å². The molecule has 0 aromatic rings. The number of rotatable bonds is 4. The molecule has 0 aliphatic carbocycles. The van der Waals surface area contributed by atoms with E-state index in [4.69, 9.17) is 16.3 Å². The average Bonchev–Trinajstić information content (AvgIpc) is 2.66. The molecule has 1 fully saturated rings. The molecule has 1 saturated heterocycles. The Kier molecular flexibility index (Phi) is 2.59. The lowest BCUT2D eigenvalue weighted by Gasteiger charge is -2.19. The van der Waals surface area contributed by atoms with Crippen LogP contribution in [0.1, 0.15) is 26.7 Å². The van der Waals surface area contributed by atoms with Gasteiger partial charge >= 0.3 is 0 Å². The SMILES string of the molecule is CC(C)(CCl)CCC1CO1. The minimum atomic E-state index is 0.299. The van der Waals surface area contributed by atoms with Gasteiger partial charge in [-0.05, 0) is 18.3 Å². The molecule has 60 valence electrons. The normalized spacial score (nSPS) is 24.9. The van der Waals surface area contributed by atoms with Crippen molar-refractivity contribution in [3.05, 3.63) is 0 Å². The van der Waals surface area contributed by atoms with Crippen molar-refractivity contribution in [3.63, 3.8) is 0 Å². The third kappa shape index (κ3) is 2.89. The third-order valence-electron chi connectivity index (χ3n) is 1.91. The number of hydrogen-bond donors (Lipinski definition) is 0. The molecule has 10 heavy (non-hydrogen) atoms. The Balaban J connectivity index is 2.09. The Morgan fingerprint density at radius 3 is 2.60 bits per heavy atom. The van der Waals surface area contributed by atoms with E-state index in [1.165, 1.54) is 12.8 Å². The highest BCUT2D eigenvalue weighted by Gasteiger charge is 2.26. The Hall–Kier alpha value is 0.250. The molecule has 0 aromatic heterocycles. The summed E-state index contributed by atoms with van der Waals surface area (Å²) >= 11 is 5.76. The highest BCUT2D eigenvalue weighted by molar-refractivity contribution is 6.18. The van der Waals surface area contributed by atoms with E-state index in [2.05, 4.69) is 13.8 Å². The molecule has 0 aromatic carbocycles. The van der Waals surface area contributed by atoms with Gasteiger partial charge in [0.15, 0.2) is 0 Å². The lowest BCUT2D eigenvalue weighted by Crippen LogP contribution is -2.13. The molecule has 1 unspecified atom stereocenters. The van der Waals surface area contributed by atoms with E-state index in [0.717, 1.165) is 12.5 Å². The average molecular weight is 163 g/mol. The van der Waals surface area contributed by atoms with E-state index < -0.39 is 0 Å². The summed E-state index contributed by atoms with van der Waals surface area (Å²) in [7, 11) is 0. The topological polar surface area (TPSA) is 12.5 Å². The zero-order valence-corrected chi connectivity index (χ0v) is 7.45. The van der Waals surface area contributed by atoms with E-state index in [9.17, 15) is 0 Å². The molecule has 1 aliphatic heterocycles. The van der Waals surface area contributed by atoms with Gasteiger partial charge in [0.2, 0.25) is 0 Å². The van der Waals surface area contributed by atoms with Gasteiger partial charge in [-0.2, -0.15) is 0 Å². The Bertz CT molecular complexity index is 108. The van der Waals surface area contributed by atoms with Gasteiger partial charge in [0.1, 0.15) is 0 Å². The minimum Gasteiger partial charge on any atom is -0.373 e. The summed E-state index contributed by atoms with van der Waals surface area (Å²) in [6, 6.07) is 0. The van der Waals surface area contributed by atoms with Crippen LogP contribution in [-0.4, -0.2) is 18.6 Å². The first-order chi connectivity index (χ1) is 4.64. The maximum absolute atomic E-state index is 5.76. The smallest absolute Gasteiger partial charge is 0.0810 e. The van der Waals surface area contributed by atoms with Crippen molar-refractivity contribution in [2.24, 2.45) is 5.41 Å². The van der Waals surface area contributed by atoms with Gasteiger partial charge in [0.05, 0.1) is 12.7 Å². The summed E-state index contributed by atoms with van der Waals surface area (Å²) in [5, 5.41) is 0. The number of epoxide rings is 1. The van der Waals surface area contributed by atoms with Crippen LogP contribution in [-0.2, 0) is 4.74 Å². The van der Waals surface area contributed by atoms with Crippen molar-refractivity contribution in [1.82, 2.24) is 0 Å². The molecule has 1 aliphatic rings. The molecule has 0 spiro atoms. The fourth-order valence-electron chi connectivity index (χ4n) is 0.853. The van der Waals surface area contributed by atoms with Crippen LogP contribution in [0, 0.1) is 5.41 Å². The molecule has 0 saturated carbocycles. The van der Waals surface area contributed by atoms with Gasteiger partial charge < -0.3 is 4.74 Å². The molecule has 1 nitrogen and oxygen atoms in total. The van der Waals surface area contributed by atoms with Crippen molar-refractivity contribution < 1.29 is 4.74 Å². The Labute approximate surface area is 67.7 Å². The second-order valence-electron chi connectivity index (χ2n) is 3.79. The molecule has 0 N–H and O–H groups in total. The van der Waals surface area contributed by atoms with Crippen LogP contribution in [0.25, 0.3) is 0 Å². The van der Waals surface area contributed by atoms with Crippen LogP contribution < -0.4 is 0 Å². The molecule has 1 rings (SSSR count). The van der Waals surface area contributed by atoms with Gasteiger partial charge in [0, 0.05) is 5.88 Å². The lowest BCUT2D eigenvalue weighted by atomic mass is 9.90. The molecule has 0 amide bonds. The summed E-state index contributed by atoms with van der Waals surface area (Å²) in [4.78, 5) is 0. The van der Waals surface area contributed by atoms with Crippen LogP contribution in [0.2, 0.25) is 0 Å². The first-order valence-corrected chi connectivity index (χ1v) is 4.35. The van der Waals surface area contributed by atoms with E-state index in [-0.39, 0.29) is 0 Å². The second-order valence-corrected chi connectivity index (χ2v) is 4.06. The van der Waals surface area contributed by atoms with Crippen LogP contribution in [0.15, 0.2) is 0 Å². The Morgan fingerprint density at radius 1 is 1.60 bits per heavy atom. The first kappa shape index (κ1) is 8.35. The lowest BCUT2D eigenvalue weighted by molar-refractivity contribution is 0.324. The van der Waals surface area contributed by atoms with E-state index >= 15 is 0 Å². The van der Waals surface area contributed by atoms with Crippen LogP contribution in [0.5, 0.6) is 0 Å². The zero-order chi connectivity index (χ0) is 7.61. The standard InChI is InChI=1S/C8H15ClO/c1-8(2,6-9)4-3-7-5-10-7/h7H,3-6H2,1-2H3. The van der Waals surface area contributed by atoms with Crippen molar-refractivity contribution in [1.29, 1.82) is 0 Å². The summed E-state index contributed by atoms with van der Waals surface area (Å²) in [5.74, 6) is 0.750. The minimum absolute atomic E-state index is 0.299. The van der Waals surface area contributed by atoms with Crippen LogP contribution in [0.4, 0.5) is 0 Å². The van der Waals surface area contributed by atoms with E-state index in [0.29, 0.717) is 11.5 Å². The highest BCUT2D eigenvalue weighted by Crippen LogP contribution is 2.28. The van der Waals surface area contributed by atoms with Crippen LogP contribution in [0.3, 0.4) is 0 Å². The summed E-state index contributed by atoms with van der Waals surface area (Å²) in [6.45, 7) is 5.36. The molecule has 2 heteroatoms. The first-order valence-electron chi connectivity index (χ1n) is 3.82. The largest absolute Gasteiger partial charge is 0.373 e. The fraction of sp³-hybridized carbons (Fsp3) is 1.00. The highest BCUT2D eigenvalue weighted by atomic mass is 35.5. The second kappa shape index (κ2) is 3.10. The summed E-state index contributed by atoms with van der Waals surface area (Å²) in [6.07, 6.45) is 2.92. The number of halogens is 1. The van der Waals surface area contributed by atoms with Crippen molar-refractivity contribution >= 4 is 11.6 Å². The van der Waals surface area contributed by atoms with Crippen LogP contribution >= 0.6 is 11.6 Å². The van der Waals surface area contributed by atoms with Crippen molar-refractivity contribution in [2.75, 3.05) is 12.5 Å². The third-order valence-corrected chi connectivity index (χ3v) is 2.63. The number of ether oxygens (including phenoxy) is 1. The molecule has 1 heterocycles. The van der Waals surface area contributed by atoms with E-state index in [1.807, 2.05) is 0 Å². The quantitative estimate of drug-likeness (QED) is 0.457. The number of hydrogen-bond acceptors (Lipinski definition) is 1. The van der Waals surface area contributed by atoms with Gasteiger partial charge in [-0.15, -0.1) is 11.6 Å². The molecule has 0 radical (unpaired) electrons. The molecule has 1 atom stereocenters. The maximum Gasteiger partial charge on any atom is 0.0810 e. The van der Waals surface area contributed by atoms with Gasteiger partial charge in [-0.1, -0.05) is 13.8 Å². The summed E-state index contributed by atoms with van der Waals surface area (Å²) < 4.78 is 5.11. The van der Waals surface area contributed by atoms with Crippen molar-refractivity contribution in [2.45, 2.75) is 32.8 Å². The van der Waals surface area contributed by atoms with Gasteiger partial charge in [0.25, 0.3) is 0 Å². The molecular formula is C8H15ClO. The van der Waals surface area contributed by atoms with Crippen molar-refractivity contribution in [3.8, 4) is 0 Å². The Morgan fingerprint density at radius 2 is 2.20 bits per heavy atom. The predicted molar refractivity (Wildman–Crippen MR) is 43.5 cm³/mol. The number of alkyl halides is 1. The fourth-order valence-corrected chi connectivity index (χ4v) is 0.987. The van der Waals surface area contributed by atoms with Gasteiger partial charge in [-0.3, -0.25) is 0 Å².